The second-order valence-electron chi connectivity index (χ2n) is 9.51. The Bertz CT molecular complexity index is 771. The monoisotopic (exact) mass is 404 g/mol. The number of benzene rings is 1. The zero-order valence-corrected chi connectivity index (χ0v) is 20.1. The first-order valence-corrected chi connectivity index (χ1v) is 20.0. The molecule has 0 aliphatic heterocycles. The molecule has 0 fully saturated rings. The Balaban J connectivity index is 4.37. The van der Waals surface area contributed by atoms with E-state index in [0.717, 1.165) is 10.4 Å². The first-order chi connectivity index (χ1) is 10.3. The molecular weight excluding hydrogens is 373 g/mol. The maximum atomic E-state index is 12.2. The van der Waals surface area contributed by atoms with Crippen molar-refractivity contribution in [1.29, 1.82) is 0 Å². The summed E-state index contributed by atoms with van der Waals surface area (Å²) >= 11 is 0. The molecule has 5 nitrogen and oxygen atoms in total. The van der Waals surface area contributed by atoms with E-state index in [1.54, 1.807) is 0 Å². The van der Waals surface area contributed by atoms with Crippen LogP contribution in [0.15, 0.2) is 4.90 Å². The summed E-state index contributed by atoms with van der Waals surface area (Å²) in [6, 6.07) is 0. The number of nitrogen functional groups attached to an aromatic ring is 2. The predicted octanol–water partition coefficient (Wildman–Crippen LogP) is 1.73. The van der Waals surface area contributed by atoms with Crippen LogP contribution in [0.1, 0.15) is 0 Å². The number of hydrogen-bond donors (Lipinski definition) is 3. The number of anilines is 2. The molecule has 5 N–H and O–H groups in total. The molecule has 0 spiro atoms. The van der Waals surface area contributed by atoms with Gasteiger partial charge in [0.2, 0.25) is 0 Å². The first-order valence-electron chi connectivity index (χ1n) is 8.05. The van der Waals surface area contributed by atoms with Crippen molar-refractivity contribution in [2.75, 3.05) is 11.5 Å². The summed E-state index contributed by atoms with van der Waals surface area (Å²) in [6.45, 7) is 19.0. The maximum absolute atomic E-state index is 12.2. The Morgan fingerprint density at radius 3 is 1.21 bits per heavy atom. The minimum atomic E-state index is -4.45. The lowest BCUT2D eigenvalue weighted by Gasteiger charge is -2.35. The molecule has 138 valence electrons. The van der Waals surface area contributed by atoms with Gasteiger partial charge in [-0.25, -0.2) is 0 Å². The topological polar surface area (TPSA) is 106 Å². The zero-order valence-electron chi connectivity index (χ0n) is 16.3. The average Bonchev–Trinajstić information content (AvgIpc) is 2.24. The molecule has 0 aliphatic rings. The van der Waals surface area contributed by atoms with Crippen LogP contribution in [0.2, 0.25) is 58.9 Å². The largest absolute Gasteiger partial charge is 0.399 e. The van der Waals surface area contributed by atoms with Crippen LogP contribution in [0, 0.1) is 0 Å². The van der Waals surface area contributed by atoms with Gasteiger partial charge < -0.3 is 11.5 Å². The summed E-state index contributed by atoms with van der Waals surface area (Å²) in [5.41, 5.74) is 13.8. The Labute approximate surface area is 149 Å². The fourth-order valence-corrected chi connectivity index (χ4v) is 13.2. The normalized spacial score (nSPS) is 14.1. The summed E-state index contributed by atoms with van der Waals surface area (Å²) in [6.07, 6.45) is 0. The van der Waals surface area contributed by atoms with Crippen molar-refractivity contribution in [3.8, 4) is 0 Å². The van der Waals surface area contributed by atoms with E-state index in [0.29, 0.717) is 10.9 Å². The van der Waals surface area contributed by atoms with Crippen molar-refractivity contribution in [3.63, 3.8) is 0 Å². The van der Waals surface area contributed by atoms with E-state index in [4.69, 9.17) is 11.5 Å². The van der Waals surface area contributed by atoms with Gasteiger partial charge in [-0.2, -0.15) is 8.42 Å². The van der Waals surface area contributed by atoms with Crippen LogP contribution in [-0.4, -0.2) is 37.2 Å². The highest BCUT2D eigenvalue weighted by molar-refractivity contribution is 7.86. The predicted molar refractivity (Wildman–Crippen MR) is 114 cm³/mol. The second kappa shape index (κ2) is 5.97. The van der Waals surface area contributed by atoms with Crippen molar-refractivity contribution in [3.05, 3.63) is 0 Å². The molecule has 0 aliphatic carbocycles. The molecule has 1 aromatic carbocycles. The number of hydrogen-bond acceptors (Lipinski definition) is 4. The quantitative estimate of drug-likeness (QED) is 0.402. The lowest BCUT2D eigenvalue weighted by molar-refractivity contribution is 0.484. The molecule has 0 saturated heterocycles. The third kappa shape index (κ3) is 3.96. The standard InChI is InChI=1S/C15H32N2O3SSi3/c1-22(2,3)13-11(17)15(24(7,8)9)14(23(4,5)6)10(16)12(13)21(18,19)20/h16-17H2,1-9H3,(H,18,19,20). The van der Waals surface area contributed by atoms with Gasteiger partial charge in [-0.3, -0.25) is 4.55 Å². The van der Waals surface area contributed by atoms with Crippen LogP contribution in [-0.2, 0) is 10.1 Å². The van der Waals surface area contributed by atoms with Crippen LogP contribution in [0.25, 0.3) is 0 Å². The second-order valence-corrected chi connectivity index (χ2v) is 25.9. The molecule has 0 unspecified atom stereocenters. The molecule has 0 amide bonds. The fraction of sp³-hybridized carbons (Fsp3) is 0.600. The minimum absolute atomic E-state index is 0.140. The smallest absolute Gasteiger partial charge is 0.296 e. The summed E-state index contributed by atoms with van der Waals surface area (Å²) in [4.78, 5) is -0.140. The molecule has 0 aromatic heterocycles. The van der Waals surface area contributed by atoms with E-state index < -0.39 is 34.3 Å². The molecule has 0 atom stereocenters. The van der Waals surface area contributed by atoms with Crippen molar-refractivity contribution in [1.82, 2.24) is 0 Å². The van der Waals surface area contributed by atoms with Gasteiger partial charge >= 0.3 is 0 Å². The van der Waals surface area contributed by atoms with E-state index >= 15 is 0 Å². The maximum Gasteiger partial charge on any atom is 0.296 e. The Hall–Kier alpha value is -0.619. The first kappa shape index (κ1) is 21.4. The summed E-state index contributed by atoms with van der Waals surface area (Å²) < 4.78 is 34.3. The molecule has 0 radical (unpaired) electrons. The Morgan fingerprint density at radius 1 is 0.667 bits per heavy atom. The zero-order chi connectivity index (χ0) is 19.5. The van der Waals surface area contributed by atoms with Gasteiger partial charge in [0.1, 0.15) is 4.90 Å². The summed E-state index contributed by atoms with van der Waals surface area (Å²) in [7, 11) is -10.5. The highest BCUT2D eigenvalue weighted by Gasteiger charge is 2.40. The minimum Gasteiger partial charge on any atom is -0.399 e. The highest BCUT2D eigenvalue weighted by Crippen LogP contribution is 2.25. The average molecular weight is 405 g/mol. The Morgan fingerprint density at radius 2 is 0.958 bits per heavy atom. The van der Waals surface area contributed by atoms with Gasteiger partial charge in [0.25, 0.3) is 10.1 Å². The summed E-state index contributed by atoms with van der Waals surface area (Å²) in [5.74, 6) is 0. The van der Waals surface area contributed by atoms with Crippen LogP contribution in [0.5, 0.6) is 0 Å². The van der Waals surface area contributed by atoms with Crippen molar-refractivity contribution in [2.24, 2.45) is 0 Å². The SMILES string of the molecule is C[Si](C)(C)c1c(N)c([Si](C)(C)C)c(S(=O)(=O)O)c(N)c1[Si](C)(C)C. The van der Waals surface area contributed by atoms with Crippen LogP contribution >= 0.6 is 0 Å². The van der Waals surface area contributed by atoms with E-state index in [2.05, 4.69) is 39.3 Å². The molecule has 0 bridgehead atoms. The van der Waals surface area contributed by atoms with Crippen molar-refractivity contribution >= 4 is 61.3 Å². The van der Waals surface area contributed by atoms with Gasteiger partial charge in [0, 0.05) is 5.69 Å². The van der Waals surface area contributed by atoms with E-state index in [-0.39, 0.29) is 10.6 Å². The third-order valence-electron chi connectivity index (χ3n) is 4.04. The number of nitrogens with two attached hydrogens (primary N) is 2. The van der Waals surface area contributed by atoms with Crippen molar-refractivity contribution < 1.29 is 13.0 Å². The molecule has 9 heteroatoms. The fourth-order valence-electron chi connectivity index (χ4n) is 3.34. The highest BCUT2D eigenvalue weighted by atomic mass is 32.2. The molecule has 1 rings (SSSR count). The molecule has 0 heterocycles. The lowest BCUT2D eigenvalue weighted by Crippen LogP contribution is -2.62. The van der Waals surface area contributed by atoms with Gasteiger partial charge in [-0.15, -0.1) is 0 Å². The van der Waals surface area contributed by atoms with Crippen LogP contribution < -0.4 is 27.0 Å². The van der Waals surface area contributed by atoms with Gasteiger partial charge in [0.15, 0.2) is 0 Å². The lowest BCUT2D eigenvalue weighted by atomic mass is 10.2. The molecule has 24 heavy (non-hydrogen) atoms. The number of rotatable bonds is 4. The Kier molecular flexibility index (Phi) is 5.33. The molecule has 1 aromatic rings. The van der Waals surface area contributed by atoms with E-state index in [1.165, 1.54) is 0 Å². The third-order valence-corrected chi connectivity index (χ3v) is 11.5. The van der Waals surface area contributed by atoms with Gasteiger partial charge in [-0.05, 0) is 15.6 Å². The van der Waals surface area contributed by atoms with Gasteiger partial charge in [0.05, 0.1) is 29.9 Å². The van der Waals surface area contributed by atoms with Crippen molar-refractivity contribution in [2.45, 2.75) is 63.8 Å². The van der Waals surface area contributed by atoms with Crippen LogP contribution in [0.3, 0.4) is 0 Å². The van der Waals surface area contributed by atoms with Gasteiger partial charge in [-0.1, -0.05) is 58.9 Å². The molecule has 0 saturated carbocycles. The van der Waals surface area contributed by atoms with E-state index in [9.17, 15) is 13.0 Å². The van der Waals surface area contributed by atoms with E-state index in [1.807, 2.05) is 19.6 Å². The van der Waals surface area contributed by atoms with Crippen LogP contribution in [0.4, 0.5) is 11.4 Å². The molecular formula is C15H32N2O3SSi3. The summed E-state index contributed by atoms with van der Waals surface area (Å²) in [5, 5.41) is 2.54.